The first-order valence-corrected chi connectivity index (χ1v) is 8.58. The summed E-state index contributed by atoms with van der Waals surface area (Å²) < 4.78 is 1.96. The van der Waals surface area contributed by atoms with Gasteiger partial charge in [0.1, 0.15) is 0 Å². The average molecular weight is 313 g/mol. The van der Waals surface area contributed by atoms with Crippen molar-refractivity contribution in [2.75, 3.05) is 0 Å². The van der Waals surface area contributed by atoms with Crippen molar-refractivity contribution in [2.24, 2.45) is 0 Å². The van der Waals surface area contributed by atoms with Gasteiger partial charge in [-0.3, -0.25) is 4.79 Å². The number of hydrogen-bond donors (Lipinski definition) is 1. The maximum atomic E-state index is 12.0. The van der Waals surface area contributed by atoms with Crippen LogP contribution in [-0.2, 0) is 4.79 Å². The van der Waals surface area contributed by atoms with E-state index >= 15 is 0 Å². The van der Waals surface area contributed by atoms with Gasteiger partial charge in [0, 0.05) is 24.5 Å². The molecule has 1 atom stereocenters. The highest BCUT2D eigenvalue weighted by molar-refractivity contribution is 5.76. The number of carbonyl (C=O) groups is 1. The van der Waals surface area contributed by atoms with E-state index in [1.165, 1.54) is 19.3 Å². The van der Waals surface area contributed by atoms with Crippen LogP contribution in [0.3, 0.4) is 0 Å². The van der Waals surface area contributed by atoms with E-state index < -0.39 is 0 Å². The van der Waals surface area contributed by atoms with Crippen LogP contribution >= 0.6 is 0 Å². The van der Waals surface area contributed by atoms with Gasteiger partial charge in [-0.15, -0.1) is 0 Å². The zero-order valence-electron chi connectivity index (χ0n) is 14.2. The Labute approximate surface area is 138 Å². The first-order chi connectivity index (χ1) is 11.2. The van der Waals surface area contributed by atoms with Crippen molar-refractivity contribution in [1.29, 1.82) is 0 Å². The number of nitrogens with one attached hydrogen (secondary N) is 1. The van der Waals surface area contributed by atoms with Crippen molar-refractivity contribution in [3.8, 4) is 5.69 Å². The SMILES string of the molecule is CCCCCCCC(=O)NC(C)c1ccc(-n2ccnc2)cc1. The lowest BCUT2D eigenvalue weighted by atomic mass is 10.1. The minimum absolute atomic E-state index is 0.0370. The second-order valence-electron chi connectivity index (χ2n) is 6.01. The molecule has 1 N–H and O–H groups in total. The van der Waals surface area contributed by atoms with Gasteiger partial charge < -0.3 is 9.88 Å². The van der Waals surface area contributed by atoms with E-state index in [4.69, 9.17) is 0 Å². The molecule has 1 unspecified atom stereocenters. The van der Waals surface area contributed by atoms with Crippen LogP contribution in [-0.4, -0.2) is 15.5 Å². The van der Waals surface area contributed by atoms with Crippen LogP contribution in [0, 0.1) is 0 Å². The molecule has 0 aliphatic carbocycles. The third kappa shape index (κ3) is 5.55. The van der Waals surface area contributed by atoms with Crippen molar-refractivity contribution in [1.82, 2.24) is 14.9 Å². The van der Waals surface area contributed by atoms with Crippen LogP contribution in [0.15, 0.2) is 43.0 Å². The van der Waals surface area contributed by atoms with Crippen molar-refractivity contribution < 1.29 is 4.79 Å². The molecule has 23 heavy (non-hydrogen) atoms. The maximum absolute atomic E-state index is 12.0. The molecule has 0 bridgehead atoms. The molecule has 1 aromatic carbocycles. The average Bonchev–Trinajstić information content (AvgIpc) is 3.09. The summed E-state index contributed by atoms with van der Waals surface area (Å²) in [5.74, 6) is 0.146. The molecule has 1 aromatic heterocycles. The third-order valence-electron chi connectivity index (χ3n) is 4.08. The molecule has 2 rings (SSSR count). The Morgan fingerprint density at radius 2 is 1.91 bits per heavy atom. The van der Waals surface area contributed by atoms with Gasteiger partial charge in [-0.2, -0.15) is 0 Å². The summed E-state index contributed by atoms with van der Waals surface area (Å²) in [5.41, 5.74) is 2.19. The van der Waals surface area contributed by atoms with Crippen molar-refractivity contribution in [2.45, 2.75) is 58.4 Å². The van der Waals surface area contributed by atoms with Crippen LogP contribution in [0.4, 0.5) is 0 Å². The fourth-order valence-corrected chi connectivity index (χ4v) is 2.63. The second kappa shape index (κ2) is 9.13. The Balaban J connectivity index is 1.78. The van der Waals surface area contributed by atoms with Gasteiger partial charge in [-0.05, 0) is 31.0 Å². The fraction of sp³-hybridized carbons (Fsp3) is 0.474. The minimum atomic E-state index is 0.0370. The molecule has 4 nitrogen and oxygen atoms in total. The topological polar surface area (TPSA) is 46.9 Å². The second-order valence-corrected chi connectivity index (χ2v) is 6.01. The molecule has 0 saturated carbocycles. The Hall–Kier alpha value is -2.10. The first-order valence-electron chi connectivity index (χ1n) is 8.58. The molecule has 0 aliphatic heterocycles. The van der Waals surface area contributed by atoms with Gasteiger partial charge in [0.15, 0.2) is 0 Å². The molecule has 4 heteroatoms. The number of carbonyl (C=O) groups excluding carboxylic acids is 1. The van der Waals surface area contributed by atoms with E-state index in [0.717, 1.165) is 24.1 Å². The number of imidazole rings is 1. The quantitative estimate of drug-likeness (QED) is 0.697. The van der Waals surface area contributed by atoms with Crippen LogP contribution < -0.4 is 5.32 Å². The number of rotatable bonds is 9. The number of hydrogen-bond acceptors (Lipinski definition) is 2. The van der Waals surface area contributed by atoms with Gasteiger partial charge in [-0.1, -0.05) is 44.7 Å². The third-order valence-corrected chi connectivity index (χ3v) is 4.08. The Morgan fingerprint density at radius 3 is 2.57 bits per heavy atom. The number of nitrogens with zero attached hydrogens (tertiary/aromatic N) is 2. The molecule has 1 amide bonds. The van der Waals surface area contributed by atoms with E-state index in [1.54, 1.807) is 12.5 Å². The minimum Gasteiger partial charge on any atom is -0.350 e. The van der Waals surface area contributed by atoms with E-state index in [-0.39, 0.29) is 11.9 Å². The van der Waals surface area contributed by atoms with E-state index in [1.807, 2.05) is 29.8 Å². The zero-order chi connectivity index (χ0) is 16.5. The maximum Gasteiger partial charge on any atom is 0.220 e. The van der Waals surface area contributed by atoms with Crippen LogP contribution in [0.1, 0.15) is 64.0 Å². The van der Waals surface area contributed by atoms with Crippen molar-refractivity contribution in [3.63, 3.8) is 0 Å². The number of benzene rings is 1. The lowest BCUT2D eigenvalue weighted by Gasteiger charge is -2.15. The van der Waals surface area contributed by atoms with Gasteiger partial charge in [-0.25, -0.2) is 4.98 Å². The molecule has 1 heterocycles. The van der Waals surface area contributed by atoms with Gasteiger partial charge in [0.05, 0.1) is 12.4 Å². The summed E-state index contributed by atoms with van der Waals surface area (Å²) in [7, 11) is 0. The van der Waals surface area contributed by atoms with Gasteiger partial charge >= 0.3 is 0 Å². The lowest BCUT2D eigenvalue weighted by Crippen LogP contribution is -2.26. The summed E-state index contributed by atoms with van der Waals surface area (Å²) in [6.45, 7) is 4.23. The predicted octanol–water partition coefficient (Wildman–Crippen LogP) is 4.41. The zero-order valence-corrected chi connectivity index (χ0v) is 14.2. The van der Waals surface area contributed by atoms with Crippen LogP contribution in [0.2, 0.25) is 0 Å². The summed E-state index contributed by atoms with van der Waals surface area (Å²) in [6.07, 6.45) is 11.9. The van der Waals surface area contributed by atoms with E-state index in [2.05, 4.69) is 29.4 Å². The van der Waals surface area contributed by atoms with E-state index in [0.29, 0.717) is 6.42 Å². The molecule has 0 aliphatic rings. The van der Waals surface area contributed by atoms with Crippen LogP contribution in [0.5, 0.6) is 0 Å². The summed E-state index contributed by atoms with van der Waals surface area (Å²) in [4.78, 5) is 16.0. The molecular weight excluding hydrogens is 286 g/mol. The molecule has 0 saturated heterocycles. The Kier molecular flexibility index (Phi) is 6.85. The smallest absolute Gasteiger partial charge is 0.220 e. The number of unbranched alkanes of at least 4 members (excludes halogenated alkanes) is 4. The van der Waals surface area contributed by atoms with Crippen molar-refractivity contribution >= 4 is 5.91 Å². The lowest BCUT2D eigenvalue weighted by molar-refractivity contribution is -0.121. The first kappa shape index (κ1) is 17.3. The monoisotopic (exact) mass is 313 g/mol. The summed E-state index contributed by atoms with van der Waals surface area (Å²) in [5, 5.41) is 3.08. The standard InChI is InChI=1S/C19H27N3O/c1-3-4-5-6-7-8-19(23)21-16(2)17-9-11-18(12-10-17)22-14-13-20-15-22/h9-16H,3-8H2,1-2H3,(H,21,23). The molecule has 2 aromatic rings. The Morgan fingerprint density at radius 1 is 1.17 bits per heavy atom. The molecular formula is C19H27N3O. The molecule has 0 spiro atoms. The van der Waals surface area contributed by atoms with Crippen molar-refractivity contribution in [3.05, 3.63) is 48.5 Å². The highest BCUT2D eigenvalue weighted by atomic mass is 16.1. The fourth-order valence-electron chi connectivity index (χ4n) is 2.63. The predicted molar refractivity (Wildman–Crippen MR) is 93.5 cm³/mol. The van der Waals surface area contributed by atoms with E-state index in [9.17, 15) is 4.79 Å². The van der Waals surface area contributed by atoms with Gasteiger partial charge in [0.2, 0.25) is 5.91 Å². The largest absolute Gasteiger partial charge is 0.350 e. The number of aromatic nitrogens is 2. The summed E-state index contributed by atoms with van der Waals surface area (Å²) in [6, 6.07) is 8.24. The highest BCUT2D eigenvalue weighted by Gasteiger charge is 2.09. The van der Waals surface area contributed by atoms with Gasteiger partial charge in [0.25, 0.3) is 0 Å². The molecule has 124 valence electrons. The summed E-state index contributed by atoms with van der Waals surface area (Å²) >= 11 is 0. The van der Waals surface area contributed by atoms with Crippen LogP contribution in [0.25, 0.3) is 5.69 Å². The number of amides is 1. The Bertz CT molecular complexity index is 575. The molecule has 0 radical (unpaired) electrons. The highest BCUT2D eigenvalue weighted by Crippen LogP contribution is 2.16. The molecule has 0 fully saturated rings. The normalized spacial score (nSPS) is 12.1.